The van der Waals surface area contributed by atoms with E-state index in [4.69, 9.17) is 8.83 Å². The topological polar surface area (TPSA) is 84.0 Å². The quantitative estimate of drug-likeness (QED) is 0.126. The van der Waals surface area contributed by atoms with E-state index in [1.807, 2.05) is 6.07 Å². The van der Waals surface area contributed by atoms with Crippen LogP contribution in [-0.2, 0) is 21.7 Å². The van der Waals surface area contributed by atoms with Crippen molar-refractivity contribution in [3.05, 3.63) is 84.6 Å². The first kappa shape index (κ1) is 31.2. The molecule has 0 fully saturated rings. The van der Waals surface area contributed by atoms with Gasteiger partial charge in [-0.3, -0.25) is 4.79 Å². The number of fused-ring (bicyclic) bond motifs is 4. The van der Waals surface area contributed by atoms with Gasteiger partial charge in [0.05, 0.1) is 5.56 Å². The maximum Gasteiger partial charge on any atom is 0.347 e. The van der Waals surface area contributed by atoms with Crippen molar-refractivity contribution in [1.29, 1.82) is 0 Å². The fraction of sp³-hybridized carbons (Fsp3) is 0.488. The number of allylic oxidation sites excluding steroid dienone is 1. The molecule has 0 atom stereocenters. The molecule has 0 saturated carbocycles. The van der Waals surface area contributed by atoms with E-state index in [0.29, 0.717) is 11.2 Å². The Hall–Kier alpha value is -4.13. The molecule has 8 rings (SSSR count). The van der Waals surface area contributed by atoms with Gasteiger partial charge in [0.2, 0.25) is 0 Å². The Kier molecular flexibility index (Phi) is 6.46. The van der Waals surface area contributed by atoms with Gasteiger partial charge >= 0.3 is 11.3 Å². The first-order chi connectivity index (χ1) is 22.5. The molecule has 0 N–H and O–H groups in total. The molecule has 250 valence electrons. The molecule has 4 aliphatic heterocycles. The Morgan fingerprint density at radius 1 is 0.625 bits per heavy atom. The van der Waals surface area contributed by atoms with Crippen LogP contribution < -0.4 is 21.1 Å². The third-order valence-electron chi connectivity index (χ3n) is 12.2. The third-order valence-corrected chi connectivity index (χ3v) is 12.2. The highest BCUT2D eigenvalue weighted by atomic mass is 16.4. The fourth-order valence-electron chi connectivity index (χ4n) is 8.86. The zero-order valence-corrected chi connectivity index (χ0v) is 29.6. The highest BCUT2D eigenvalue weighted by molar-refractivity contribution is 6.08. The molecule has 2 aromatic heterocycles. The molecule has 7 heteroatoms. The minimum Gasteiger partial charge on any atom is -0.422 e. The van der Waals surface area contributed by atoms with Crippen molar-refractivity contribution in [1.82, 2.24) is 0 Å². The van der Waals surface area contributed by atoms with E-state index >= 15 is 0 Å². The lowest BCUT2D eigenvalue weighted by molar-refractivity contribution is 0.104. The summed E-state index contributed by atoms with van der Waals surface area (Å²) in [6.45, 7) is 21.9. The normalized spacial score (nSPS) is 21.4. The smallest absolute Gasteiger partial charge is 0.347 e. The third kappa shape index (κ3) is 4.49. The minimum absolute atomic E-state index is 0.0190. The Bertz CT molecular complexity index is 2220. The molecular weight excluding hydrogens is 600 g/mol. The Labute approximate surface area is 281 Å². The first-order valence-corrected chi connectivity index (χ1v) is 17.5. The summed E-state index contributed by atoms with van der Waals surface area (Å²) in [5.74, 6) is -0.505. The van der Waals surface area contributed by atoms with Crippen molar-refractivity contribution >= 4 is 45.2 Å². The van der Waals surface area contributed by atoms with E-state index in [-0.39, 0.29) is 32.8 Å². The fourth-order valence-corrected chi connectivity index (χ4v) is 8.86. The monoisotopic (exact) mass is 646 g/mol. The van der Waals surface area contributed by atoms with Crippen molar-refractivity contribution < 1.29 is 13.6 Å². The van der Waals surface area contributed by atoms with Gasteiger partial charge in [0.25, 0.3) is 0 Å². The number of anilines is 2. The van der Waals surface area contributed by atoms with Gasteiger partial charge in [-0.05, 0) is 94.9 Å². The van der Waals surface area contributed by atoms with Crippen LogP contribution in [0.3, 0.4) is 0 Å². The van der Waals surface area contributed by atoms with E-state index in [0.717, 1.165) is 73.8 Å². The molecule has 0 aliphatic carbocycles. The summed E-state index contributed by atoms with van der Waals surface area (Å²) in [5, 5.41) is 1.61. The molecule has 7 nitrogen and oxygen atoms in total. The van der Waals surface area contributed by atoms with Crippen LogP contribution in [0, 0.1) is 0 Å². The molecule has 6 heterocycles. The zero-order chi connectivity index (χ0) is 34.1. The van der Waals surface area contributed by atoms with Crippen molar-refractivity contribution in [2.45, 2.75) is 103 Å². The Balaban J connectivity index is 1.22. The summed E-state index contributed by atoms with van der Waals surface area (Å²) in [4.78, 5) is 45.4. The SMILES string of the molecule is CC1(C)CCN2CCC(C)(C)c3c2c1cc1cc(C=CC(=O)c2cc4cc5c6c(c4oc2=O)C(C)(C)CCN6CCC5(C)C)c(=O)oc31. The number of ketones is 1. The van der Waals surface area contributed by atoms with Crippen molar-refractivity contribution in [2.75, 3.05) is 36.0 Å². The van der Waals surface area contributed by atoms with Crippen LogP contribution in [-0.4, -0.2) is 32.0 Å². The summed E-state index contributed by atoms with van der Waals surface area (Å²) < 4.78 is 12.1. The van der Waals surface area contributed by atoms with E-state index in [2.05, 4.69) is 77.3 Å². The standard InChI is InChI=1S/C41H46N2O5/c1-38(2)11-15-42-17-13-40(5,6)30-32(42)27(38)21-24-19-23(36(45)47-34(24)30)9-10-29(44)26-20-25-22-28-33-31(35(25)48-37(26)46)41(7,8)14-18-43(33)16-12-39(28,3)4/h9-10,19-22H,11-18H2,1-8H3. The average Bonchev–Trinajstić information content (AvgIpc) is 3.00. The molecule has 48 heavy (non-hydrogen) atoms. The van der Waals surface area contributed by atoms with Gasteiger partial charge in [-0.25, -0.2) is 9.59 Å². The van der Waals surface area contributed by atoms with Crippen LogP contribution in [0.1, 0.15) is 119 Å². The van der Waals surface area contributed by atoms with Gasteiger partial charge < -0.3 is 18.6 Å². The van der Waals surface area contributed by atoms with Gasteiger partial charge in [0.1, 0.15) is 16.7 Å². The lowest BCUT2D eigenvalue weighted by Crippen LogP contribution is -2.44. The molecule has 0 spiro atoms. The zero-order valence-electron chi connectivity index (χ0n) is 29.6. The molecule has 0 amide bonds. The lowest BCUT2D eigenvalue weighted by Gasteiger charge is -2.48. The maximum absolute atomic E-state index is 13.6. The van der Waals surface area contributed by atoms with Crippen LogP contribution in [0.5, 0.6) is 0 Å². The number of hydrogen-bond acceptors (Lipinski definition) is 7. The molecular formula is C41H46N2O5. The number of nitrogens with zero attached hydrogens (tertiary/aromatic N) is 2. The van der Waals surface area contributed by atoms with Crippen LogP contribution >= 0.6 is 0 Å². The summed E-state index contributed by atoms with van der Waals surface area (Å²) in [6, 6.07) is 7.79. The van der Waals surface area contributed by atoms with Crippen LogP contribution in [0.25, 0.3) is 28.0 Å². The van der Waals surface area contributed by atoms with Crippen molar-refractivity contribution in [2.24, 2.45) is 0 Å². The Morgan fingerprint density at radius 3 is 1.56 bits per heavy atom. The maximum atomic E-state index is 13.6. The van der Waals surface area contributed by atoms with Crippen LogP contribution in [0.15, 0.2) is 48.8 Å². The predicted octanol–water partition coefficient (Wildman–Crippen LogP) is 8.13. The van der Waals surface area contributed by atoms with E-state index in [9.17, 15) is 14.4 Å². The number of rotatable bonds is 3. The summed E-state index contributed by atoms with van der Waals surface area (Å²) >= 11 is 0. The number of benzene rings is 2. The van der Waals surface area contributed by atoms with Gasteiger partial charge in [0, 0.05) is 59.5 Å². The second-order valence-corrected chi connectivity index (χ2v) is 17.3. The van der Waals surface area contributed by atoms with E-state index in [1.54, 1.807) is 6.07 Å². The minimum atomic E-state index is -0.665. The second kappa shape index (κ2) is 9.96. The highest BCUT2D eigenvalue weighted by Crippen LogP contribution is 2.53. The van der Waals surface area contributed by atoms with Gasteiger partial charge in [-0.1, -0.05) is 55.4 Å². The number of carbonyl (C=O) groups is 1. The van der Waals surface area contributed by atoms with E-state index in [1.165, 1.54) is 34.7 Å². The highest BCUT2D eigenvalue weighted by Gasteiger charge is 2.43. The number of hydrogen-bond donors (Lipinski definition) is 0. The molecule has 2 aromatic carbocycles. The second-order valence-electron chi connectivity index (χ2n) is 17.3. The molecule has 4 aromatic rings. The van der Waals surface area contributed by atoms with Crippen LogP contribution in [0.4, 0.5) is 11.4 Å². The lowest BCUT2D eigenvalue weighted by atomic mass is 9.69. The molecule has 0 bridgehead atoms. The first-order valence-electron chi connectivity index (χ1n) is 17.5. The largest absolute Gasteiger partial charge is 0.422 e. The van der Waals surface area contributed by atoms with Gasteiger partial charge in [0.15, 0.2) is 5.78 Å². The van der Waals surface area contributed by atoms with Gasteiger partial charge in [-0.15, -0.1) is 0 Å². The molecule has 4 aliphatic rings. The predicted molar refractivity (Wildman–Crippen MR) is 193 cm³/mol. The van der Waals surface area contributed by atoms with Crippen LogP contribution in [0.2, 0.25) is 0 Å². The summed E-state index contributed by atoms with van der Waals surface area (Å²) in [5.41, 5.74) is 6.92. The summed E-state index contributed by atoms with van der Waals surface area (Å²) in [6.07, 6.45) is 6.79. The molecule has 0 radical (unpaired) electrons. The van der Waals surface area contributed by atoms with Crippen molar-refractivity contribution in [3.8, 4) is 0 Å². The van der Waals surface area contributed by atoms with E-state index < -0.39 is 17.0 Å². The summed E-state index contributed by atoms with van der Waals surface area (Å²) in [7, 11) is 0. The Morgan fingerprint density at radius 2 is 1.06 bits per heavy atom. The number of carbonyl (C=O) groups excluding carboxylic acids is 1. The average molecular weight is 647 g/mol. The van der Waals surface area contributed by atoms with Crippen molar-refractivity contribution in [3.63, 3.8) is 0 Å². The molecule has 0 unspecified atom stereocenters. The van der Waals surface area contributed by atoms with Gasteiger partial charge in [-0.2, -0.15) is 0 Å². The molecule has 0 saturated heterocycles.